The standard InChI is InChI=1S/C19H33NO/c1-5-12-20-15-18(10-6-8-16(2)3)13-17-9-7-11-19(14-17)21-4/h7,9,11,14,16,18,20H,5-6,8,10,12-13,15H2,1-4H3. The van der Waals surface area contributed by atoms with E-state index < -0.39 is 0 Å². The van der Waals surface area contributed by atoms with Crippen molar-refractivity contribution in [1.29, 1.82) is 0 Å². The first-order valence-electron chi connectivity index (χ1n) is 8.49. The predicted molar refractivity (Wildman–Crippen MR) is 92.0 cm³/mol. The maximum atomic E-state index is 5.33. The molecule has 2 heteroatoms. The number of hydrogen-bond donors (Lipinski definition) is 1. The predicted octanol–water partition coefficient (Wildman–Crippen LogP) is 4.68. The van der Waals surface area contributed by atoms with Crippen LogP contribution in [0.3, 0.4) is 0 Å². The number of ether oxygens (including phenoxy) is 1. The molecule has 0 radical (unpaired) electrons. The van der Waals surface area contributed by atoms with E-state index in [2.05, 4.69) is 44.3 Å². The van der Waals surface area contributed by atoms with Crippen molar-refractivity contribution in [2.24, 2.45) is 11.8 Å². The summed E-state index contributed by atoms with van der Waals surface area (Å²) in [5.41, 5.74) is 1.39. The molecule has 0 aliphatic carbocycles. The van der Waals surface area contributed by atoms with Gasteiger partial charge in [0.05, 0.1) is 7.11 Å². The van der Waals surface area contributed by atoms with Crippen molar-refractivity contribution in [1.82, 2.24) is 5.32 Å². The molecule has 0 spiro atoms. The normalized spacial score (nSPS) is 12.6. The van der Waals surface area contributed by atoms with Crippen LogP contribution < -0.4 is 10.1 Å². The Balaban J connectivity index is 2.52. The van der Waals surface area contributed by atoms with Crippen LogP contribution in [-0.4, -0.2) is 20.2 Å². The maximum Gasteiger partial charge on any atom is 0.119 e. The molecule has 1 aromatic carbocycles. The molecule has 21 heavy (non-hydrogen) atoms. The van der Waals surface area contributed by atoms with E-state index in [1.54, 1.807) is 7.11 Å². The zero-order valence-corrected chi connectivity index (χ0v) is 14.3. The van der Waals surface area contributed by atoms with Gasteiger partial charge in [-0.2, -0.15) is 0 Å². The van der Waals surface area contributed by atoms with Crippen molar-refractivity contribution in [2.75, 3.05) is 20.2 Å². The smallest absolute Gasteiger partial charge is 0.119 e. The molecule has 1 aromatic rings. The fourth-order valence-electron chi connectivity index (χ4n) is 2.71. The second-order valence-corrected chi connectivity index (χ2v) is 6.45. The van der Waals surface area contributed by atoms with E-state index >= 15 is 0 Å². The third-order valence-corrected chi connectivity index (χ3v) is 3.91. The monoisotopic (exact) mass is 291 g/mol. The van der Waals surface area contributed by atoms with Gasteiger partial charge in [-0.3, -0.25) is 0 Å². The van der Waals surface area contributed by atoms with Gasteiger partial charge in [-0.15, -0.1) is 0 Å². The van der Waals surface area contributed by atoms with Crippen molar-refractivity contribution in [2.45, 2.75) is 52.9 Å². The van der Waals surface area contributed by atoms with Gasteiger partial charge in [-0.25, -0.2) is 0 Å². The van der Waals surface area contributed by atoms with Gasteiger partial charge < -0.3 is 10.1 Å². The van der Waals surface area contributed by atoms with Crippen LogP contribution >= 0.6 is 0 Å². The van der Waals surface area contributed by atoms with Crippen LogP contribution in [0.5, 0.6) is 5.75 Å². The number of benzene rings is 1. The lowest BCUT2D eigenvalue weighted by atomic mass is 9.92. The maximum absolute atomic E-state index is 5.33. The molecule has 1 atom stereocenters. The summed E-state index contributed by atoms with van der Waals surface area (Å²) in [4.78, 5) is 0. The lowest BCUT2D eigenvalue weighted by molar-refractivity contribution is 0.402. The first kappa shape index (κ1) is 18.0. The second-order valence-electron chi connectivity index (χ2n) is 6.45. The van der Waals surface area contributed by atoms with Crippen LogP contribution in [-0.2, 0) is 6.42 Å². The Hall–Kier alpha value is -1.02. The molecule has 0 bridgehead atoms. The molecule has 0 aliphatic rings. The lowest BCUT2D eigenvalue weighted by Gasteiger charge is -2.18. The average molecular weight is 291 g/mol. The molecule has 0 saturated heterocycles. The summed E-state index contributed by atoms with van der Waals surface area (Å²) in [5.74, 6) is 2.50. The molecule has 1 rings (SSSR count). The first-order valence-corrected chi connectivity index (χ1v) is 8.49. The van der Waals surface area contributed by atoms with Gasteiger partial charge in [0.2, 0.25) is 0 Å². The van der Waals surface area contributed by atoms with E-state index in [1.807, 2.05) is 6.07 Å². The Morgan fingerprint density at radius 1 is 1.19 bits per heavy atom. The Morgan fingerprint density at radius 3 is 2.67 bits per heavy atom. The van der Waals surface area contributed by atoms with Crippen LogP contribution in [0.2, 0.25) is 0 Å². The zero-order valence-electron chi connectivity index (χ0n) is 14.3. The minimum Gasteiger partial charge on any atom is -0.497 e. The molecule has 120 valence electrons. The van der Waals surface area contributed by atoms with E-state index in [9.17, 15) is 0 Å². The minimum atomic E-state index is 0.724. The van der Waals surface area contributed by atoms with Gasteiger partial charge in [0.25, 0.3) is 0 Å². The molecule has 0 aliphatic heterocycles. The van der Waals surface area contributed by atoms with Crippen LogP contribution in [0.4, 0.5) is 0 Å². The van der Waals surface area contributed by atoms with Crippen molar-refractivity contribution in [3.05, 3.63) is 29.8 Å². The van der Waals surface area contributed by atoms with E-state index in [0.29, 0.717) is 0 Å². The van der Waals surface area contributed by atoms with Gasteiger partial charge in [-0.1, -0.05) is 45.7 Å². The lowest BCUT2D eigenvalue weighted by Crippen LogP contribution is -2.25. The Kier molecular flexibility index (Phi) is 9.16. The third-order valence-electron chi connectivity index (χ3n) is 3.91. The number of rotatable bonds is 11. The summed E-state index contributed by atoms with van der Waals surface area (Å²) < 4.78 is 5.33. The summed E-state index contributed by atoms with van der Waals surface area (Å²) in [6.45, 7) is 9.10. The van der Waals surface area contributed by atoms with E-state index in [1.165, 1.54) is 31.2 Å². The molecular weight excluding hydrogens is 258 g/mol. The van der Waals surface area contributed by atoms with Crippen molar-refractivity contribution in [3.63, 3.8) is 0 Å². The van der Waals surface area contributed by atoms with E-state index in [4.69, 9.17) is 4.74 Å². The molecule has 2 nitrogen and oxygen atoms in total. The summed E-state index contributed by atoms with van der Waals surface area (Å²) in [7, 11) is 1.74. The van der Waals surface area contributed by atoms with Crippen LogP contribution in [0.15, 0.2) is 24.3 Å². The summed E-state index contributed by atoms with van der Waals surface area (Å²) in [6, 6.07) is 8.51. The molecule has 0 amide bonds. The highest BCUT2D eigenvalue weighted by atomic mass is 16.5. The van der Waals surface area contributed by atoms with Crippen LogP contribution in [0.1, 0.15) is 52.0 Å². The van der Waals surface area contributed by atoms with E-state index in [0.717, 1.165) is 37.1 Å². The zero-order chi connectivity index (χ0) is 15.5. The Labute approximate surface area is 131 Å². The van der Waals surface area contributed by atoms with Crippen molar-refractivity contribution < 1.29 is 4.74 Å². The minimum absolute atomic E-state index is 0.724. The van der Waals surface area contributed by atoms with Crippen LogP contribution in [0, 0.1) is 11.8 Å². The average Bonchev–Trinajstić information content (AvgIpc) is 2.47. The summed E-state index contributed by atoms with van der Waals surface area (Å²) >= 11 is 0. The molecule has 0 saturated carbocycles. The molecule has 1 N–H and O–H groups in total. The highest BCUT2D eigenvalue weighted by Crippen LogP contribution is 2.20. The van der Waals surface area contributed by atoms with Gasteiger partial charge in [0.1, 0.15) is 5.75 Å². The Bertz CT molecular complexity index is 376. The van der Waals surface area contributed by atoms with Gasteiger partial charge in [0.15, 0.2) is 0 Å². The largest absolute Gasteiger partial charge is 0.497 e. The summed E-state index contributed by atoms with van der Waals surface area (Å²) in [5, 5.41) is 3.59. The Morgan fingerprint density at radius 2 is 2.00 bits per heavy atom. The number of methoxy groups -OCH3 is 1. The van der Waals surface area contributed by atoms with E-state index in [-0.39, 0.29) is 0 Å². The molecule has 0 fully saturated rings. The highest BCUT2D eigenvalue weighted by molar-refractivity contribution is 5.28. The fraction of sp³-hybridized carbons (Fsp3) is 0.684. The fourth-order valence-corrected chi connectivity index (χ4v) is 2.71. The molecule has 0 aromatic heterocycles. The van der Waals surface area contributed by atoms with Crippen LogP contribution in [0.25, 0.3) is 0 Å². The number of hydrogen-bond acceptors (Lipinski definition) is 2. The number of nitrogens with one attached hydrogen (secondary N) is 1. The van der Waals surface area contributed by atoms with Crippen molar-refractivity contribution >= 4 is 0 Å². The molecule has 0 heterocycles. The second kappa shape index (κ2) is 10.7. The summed E-state index contributed by atoms with van der Waals surface area (Å²) in [6.07, 6.45) is 6.33. The first-order chi connectivity index (χ1) is 10.2. The van der Waals surface area contributed by atoms with Gasteiger partial charge >= 0.3 is 0 Å². The SMILES string of the molecule is CCCNCC(CCCC(C)C)Cc1cccc(OC)c1. The highest BCUT2D eigenvalue weighted by Gasteiger charge is 2.10. The molecule has 1 unspecified atom stereocenters. The van der Waals surface area contributed by atoms with Gasteiger partial charge in [-0.05, 0) is 61.9 Å². The van der Waals surface area contributed by atoms with Crippen molar-refractivity contribution in [3.8, 4) is 5.75 Å². The quantitative estimate of drug-likeness (QED) is 0.598. The molecular formula is C19H33NO. The topological polar surface area (TPSA) is 21.3 Å². The van der Waals surface area contributed by atoms with Gasteiger partial charge in [0, 0.05) is 0 Å². The third kappa shape index (κ3) is 8.11.